The average molecular weight is 246 g/mol. The minimum absolute atomic E-state index is 0.839. The standard InChI is InChI=1S/C16H26N2/c1-14-7-9-15(10-8-14)13-17-11-12-18(2)16-5-3-4-6-16/h7-10,16-17H,3-6,11-13H2,1-2H3. The van der Waals surface area contributed by atoms with E-state index in [1.165, 1.54) is 36.8 Å². The highest BCUT2D eigenvalue weighted by atomic mass is 15.1. The summed E-state index contributed by atoms with van der Waals surface area (Å²) in [7, 11) is 2.27. The largest absolute Gasteiger partial charge is 0.311 e. The molecule has 0 spiro atoms. The van der Waals surface area contributed by atoms with E-state index >= 15 is 0 Å². The first-order chi connectivity index (χ1) is 8.75. The van der Waals surface area contributed by atoms with Crippen molar-refractivity contribution < 1.29 is 0 Å². The van der Waals surface area contributed by atoms with Gasteiger partial charge in [-0.25, -0.2) is 0 Å². The van der Waals surface area contributed by atoms with Gasteiger partial charge in [0, 0.05) is 25.7 Å². The van der Waals surface area contributed by atoms with Gasteiger partial charge in [0.15, 0.2) is 0 Å². The van der Waals surface area contributed by atoms with Gasteiger partial charge < -0.3 is 10.2 Å². The van der Waals surface area contributed by atoms with Crippen molar-refractivity contribution in [2.75, 3.05) is 20.1 Å². The smallest absolute Gasteiger partial charge is 0.0206 e. The molecule has 1 aliphatic carbocycles. The Bertz CT molecular complexity index is 339. The van der Waals surface area contributed by atoms with Crippen LogP contribution in [0.3, 0.4) is 0 Å². The van der Waals surface area contributed by atoms with Crippen LogP contribution in [0, 0.1) is 6.92 Å². The van der Waals surface area contributed by atoms with Gasteiger partial charge in [0.05, 0.1) is 0 Å². The Labute approximate surface area is 111 Å². The lowest BCUT2D eigenvalue weighted by atomic mass is 10.1. The molecule has 0 aliphatic heterocycles. The van der Waals surface area contributed by atoms with Crippen LogP contribution in [-0.4, -0.2) is 31.1 Å². The molecule has 0 saturated heterocycles. The van der Waals surface area contributed by atoms with E-state index in [0.29, 0.717) is 0 Å². The van der Waals surface area contributed by atoms with Gasteiger partial charge in [-0.05, 0) is 32.4 Å². The Morgan fingerprint density at radius 3 is 2.50 bits per heavy atom. The van der Waals surface area contributed by atoms with Gasteiger partial charge in [-0.3, -0.25) is 0 Å². The highest BCUT2D eigenvalue weighted by molar-refractivity contribution is 5.20. The molecule has 0 radical (unpaired) electrons. The second-order valence-corrected chi connectivity index (χ2v) is 5.58. The van der Waals surface area contributed by atoms with Crippen molar-refractivity contribution in [2.45, 2.75) is 45.2 Å². The number of nitrogens with zero attached hydrogens (tertiary/aromatic N) is 1. The van der Waals surface area contributed by atoms with E-state index in [2.05, 4.69) is 48.5 Å². The molecule has 1 N–H and O–H groups in total. The molecular formula is C16H26N2. The van der Waals surface area contributed by atoms with Crippen molar-refractivity contribution in [3.8, 4) is 0 Å². The summed E-state index contributed by atoms with van der Waals surface area (Å²) in [5, 5.41) is 3.53. The van der Waals surface area contributed by atoms with Gasteiger partial charge in [-0.2, -0.15) is 0 Å². The molecule has 18 heavy (non-hydrogen) atoms. The van der Waals surface area contributed by atoms with Crippen LogP contribution in [0.2, 0.25) is 0 Å². The van der Waals surface area contributed by atoms with Crippen molar-refractivity contribution in [1.82, 2.24) is 10.2 Å². The van der Waals surface area contributed by atoms with Crippen LogP contribution < -0.4 is 5.32 Å². The molecule has 1 aliphatic rings. The zero-order valence-corrected chi connectivity index (χ0v) is 11.8. The third-order valence-electron chi connectivity index (χ3n) is 4.04. The summed E-state index contributed by atoms with van der Waals surface area (Å²) in [4.78, 5) is 2.52. The Balaban J connectivity index is 1.62. The molecule has 0 aromatic heterocycles. The molecule has 0 atom stereocenters. The number of hydrogen-bond acceptors (Lipinski definition) is 2. The summed E-state index contributed by atoms with van der Waals surface area (Å²) < 4.78 is 0. The van der Waals surface area contributed by atoms with E-state index in [4.69, 9.17) is 0 Å². The van der Waals surface area contributed by atoms with Crippen molar-refractivity contribution in [3.05, 3.63) is 35.4 Å². The predicted molar refractivity (Wildman–Crippen MR) is 77.8 cm³/mol. The lowest BCUT2D eigenvalue weighted by Gasteiger charge is -2.23. The zero-order valence-electron chi connectivity index (χ0n) is 11.8. The molecule has 1 aromatic rings. The van der Waals surface area contributed by atoms with Crippen LogP contribution in [0.4, 0.5) is 0 Å². The van der Waals surface area contributed by atoms with E-state index in [-0.39, 0.29) is 0 Å². The van der Waals surface area contributed by atoms with Crippen molar-refractivity contribution in [3.63, 3.8) is 0 Å². The molecule has 0 unspecified atom stereocenters. The van der Waals surface area contributed by atoms with Gasteiger partial charge in [0.25, 0.3) is 0 Å². The number of benzene rings is 1. The Kier molecular flexibility index (Phi) is 5.21. The lowest BCUT2D eigenvalue weighted by molar-refractivity contribution is 0.245. The highest BCUT2D eigenvalue weighted by Gasteiger charge is 2.18. The number of aryl methyl sites for hydroxylation is 1. The molecule has 0 amide bonds. The normalized spacial score (nSPS) is 16.6. The fraction of sp³-hybridized carbons (Fsp3) is 0.625. The van der Waals surface area contributed by atoms with Crippen molar-refractivity contribution >= 4 is 0 Å². The van der Waals surface area contributed by atoms with Crippen LogP contribution in [0.5, 0.6) is 0 Å². The molecule has 2 nitrogen and oxygen atoms in total. The Morgan fingerprint density at radius 2 is 1.83 bits per heavy atom. The summed E-state index contributed by atoms with van der Waals surface area (Å²) in [5.74, 6) is 0. The summed E-state index contributed by atoms with van der Waals surface area (Å²) in [6.07, 6.45) is 5.64. The second-order valence-electron chi connectivity index (χ2n) is 5.58. The summed E-state index contributed by atoms with van der Waals surface area (Å²) in [5.41, 5.74) is 2.71. The molecule has 0 heterocycles. The monoisotopic (exact) mass is 246 g/mol. The van der Waals surface area contributed by atoms with E-state index in [0.717, 1.165) is 25.7 Å². The van der Waals surface area contributed by atoms with Crippen LogP contribution in [0.15, 0.2) is 24.3 Å². The summed E-state index contributed by atoms with van der Waals surface area (Å²) in [6.45, 7) is 5.37. The van der Waals surface area contributed by atoms with Gasteiger partial charge in [-0.15, -0.1) is 0 Å². The van der Waals surface area contributed by atoms with E-state index in [1.54, 1.807) is 0 Å². The molecule has 100 valence electrons. The molecular weight excluding hydrogens is 220 g/mol. The molecule has 2 rings (SSSR count). The molecule has 2 heteroatoms. The second kappa shape index (κ2) is 6.91. The lowest BCUT2D eigenvalue weighted by Crippen LogP contribution is -2.35. The van der Waals surface area contributed by atoms with Gasteiger partial charge in [-0.1, -0.05) is 42.7 Å². The Hall–Kier alpha value is -0.860. The maximum absolute atomic E-state index is 3.53. The quantitative estimate of drug-likeness (QED) is 0.776. The third kappa shape index (κ3) is 4.11. The third-order valence-corrected chi connectivity index (χ3v) is 4.04. The van der Waals surface area contributed by atoms with Crippen LogP contribution in [-0.2, 0) is 6.54 Å². The van der Waals surface area contributed by atoms with Gasteiger partial charge >= 0.3 is 0 Å². The Morgan fingerprint density at radius 1 is 1.17 bits per heavy atom. The first kappa shape index (κ1) is 13.6. The molecule has 1 aromatic carbocycles. The molecule has 1 saturated carbocycles. The SMILES string of the molecule is Cc1ccc(CNCCN(C)C2CCCC2)cc1. The fourth-order valence-corrected chi connectivity index (χ4v) is 2.72. The average Bonchev–Trinajstić information content (AvgIpc) is 2.90. The number of rotatable bonds is 6. The predicted octanol–water partition coefficient (Wildman–Crippen LogP) is 2.96. The fourth-order valence-electron chi connectivity index (χ4n) is 2.72. The van der Waals surface area contributed by atoms with E-state index in [1.807, 2.05) is 0 Å². The maximum atomic E-state index is 3.53. The van der Waals surface area contributed by atoms with Crippen molar-refractivity contribution in [1.29, 1.82) is 0 Å². The van der Waals surface area contributed by atoms with E-state index in [9.17, 15) is 0 Å². The zero-order chi connectivity index (χ0) is 12.8. The number of hydrogen-bond donors (Lipinski definition) is 1. The minimum atomic E-state index is 0.839. The van der Waals surface area contributed by atoms with Crippen LogP contribution >= 0.6 is 0 Å². The van der Waals surface area contributed by atoms with Crippen LogP contribution in [0.25, 0.3) is 0 Å². The van der Waals surface area contributed by atoms with Gasteiger partial charge in [0.2, 0.25) is 0 Å². The highest BCUT2D eigenvalue weighted by Crippen LogP contribution is 2.21. The van der Waals surface area contributed by atoms with E-state index < -0.39 is 0 Å². The first-order valence-electron chi connectivity index (χ1n) is 7.22. The first-order valence-corrected chi connectivity index (χ1v) is 7.22. The van der Waals surface area contributed by atoms with Crippen molar-refractivity contribution in [2.24, 2.45) is 0 Å². The topological polar surface area (TPSA) is 15.3 Å². The van der Waals surface area contributed by atoms with Gasteiger partial charge in [0.1, 0.15) is 0 Å². The summed E-state index contributed by atoms with van der Waals surface area (Å²) >= 11 is 0. The molecule has 1 fully saturated rings. The molecule has 0 bridgehead atoms. The van der Waals surface area contributed by atoms with Crippen LogP contribution in [0.1, 0.15) is 36.8 Å². The maximum Gasteiger partial charge on any atom is 0.0206 e. The minimum Gasteiger partial charge on any atom is -0.311 e. The number of likely N-dealkylation sites (N-methyl/N-ethyl adjacent to an activating group) is 1. The number of nitrogens with one attached hydrogen (secondary N) is 1. The summed E-state index contributed by atoms with van der Waals surface area (Å²) in [6, 6.07) is 9.63.